The Morgan fingerprint density at radius 3 is 2.44 bits per heavy atom. The summed E-state index contributed by atoms with van der Waals surface area (Å²) in [6, 6.07) is 5.61. The van der Waals surface area contributed by atoms with Crippen molar-refractivity contribution in [2.24, 2.45) is 11.8 Å². The lowest BCUT2D eigenvalue weighted by Gasteiger charge is -2.23. The number of benzene rings is 1. The number of esters is 1. The number of allylic oxidation sites excluding steroid dienone is 2. The molecule has 32 heavy (non-hydrogen) atoms. The molecule has 1 aromatic carbocycles. The van der Waals surface area contributed by atoms with Gasteiger partial charge in [0.05, 0.1) is 13.7 Å². The van der Waals surface area contributed by atoms with Crippen LogP contribution in [0.1, 0.15) is 66.4 Å². The Kier molecular flexibility index (Phi) is 12.7. The van der Waals surface area contributed by atoms with Gasteiger partial charge in [-0.3, -0.25) is 14.5 Å². The van der Waals surface area contributed by atoms with E-state index in [1.54, 1.807) is 12.1 Å². The average molecular weight is 447 g/mol. The molecule has 180 valence electrons. The van der Waals surface area contributed by atoms with Crippen molar-refractivity contribution >= 4 is 11.9 Å². The normalized spacial score (nSPS) is 12.6. The van der Waals surface area contributed by atoms with Crippen molar-refractivity contribution < 1.29 is 19.1 Å². The molecule has 1 amide bonds. The first-order chi connectivity index (χ1) is 15.2. The predicted octanol–water partition coefficient (Wildman–Crippen LogP) is 4.97. The first-order valence-electron chi connectivity index (χ1n) is 11.7. The molecule has 1 unspecified atom stereocenters. The van der Waals surface area contributed by atoms with Gasteiger partial charge in [0, 0.05) is 19.0 Å². The smallest absolute Gasteiger partial charge is 0.325 e. The molecule has 0 spiro atoms. The molecular formula is C26H42N2O4. The number of amides is 1. The number of hydrogen-bond acceptors (Lipinski definition) is 5. The SMILES string of the molecule is CCN(CC(=O)Oc1ccc(CNC(=O)CCC(C)C/C=C/C(C)C)cc1OC)C(C)C. The number of carbonyl (C=O) groups is 2. The van der Waals surface area contributed by atoms with E-state index in [0.29, 0.717) is 36.3 Å². The van der Waals surface area contributed by atoms with E-state index < -0.39 is 0 Å². The molecule has 0 heterocycles. The van der Waals surface area contributed by atoms with E-state index >= 15 is 0 Å². The number of hydrogen-bond donors (Lipinski definition) is 1. The Morgan fingerprint density at radius 2 is 1.84 bits per heavy atom. The van der Waals surface area contributed by atoms with Crippen molar-refractivity contribution in [1.29, 1.82) is 0 Å². The molecule has 0 aromatic heterocycles. The summed E-state index contributed by atoms with van der Waals surface area (Å²) in [6.45, 7) is 14.0. The summed E-state index contributed by atoms with van der Waals surface area (Å²) in [7, 11) is 1.54. The van der Waals surface area contributed by atoms with E-state index in [1.807, 2.05) is 31.7 Å². The standard InChI is InChI=1S/C26H42N2O4/c1-8-28(20(4)5)18-26(30)32-23-14-13-22(16-24(23)31-7)17-27-25(29)15-12-21(6)11-9-10-19(2)3/h9-10,13-14,16,19-21H,8,11-12,15,17-18H2,1-7H3,(H,27,29)/b10-9+. The fourth-order valence-corrected chi connectivity index (χ4v) is 3.25. The summed E-state index contributed by atoms with van der Waals surface area (Å²) in [4.78, 5) is 26.5. The predicted molar refractivity (Wildman–Crippen MR) is 130 cm³/mol. The van der Waals surface area contributed by atoms with Crippen molar-refractivity contribution in [2.45, 2.75) is 73.4 Å². The summed E-state index contributed by atoms with van der Waals surface area (Å²) in [5.41, 5.74) is 0.889. The minimum absolute atomic E-state index is 0.0347. The molecule has 0 saturated heterocycles. The van der Waals surface area contributed by atoms with Gasteiger partial charge in [0.2, 0.25) is 5.91 Å². The second kappa shape index (κ2) is 14.7. The van der Waals surface area contributed by atoms with Crippen LogP contribution in [0.3, 0.4) is 0 Å². The fraction of sp³-hybridized carbons (Fsp3) is 0.615. The highest BCUT2D eigenvalue weighted by atomic mass is 16.6. The summed E-state index contributed by atoms with van der Waals surface area (Å²) in [5.74, 6) is 1.61. The zero-order valence-electron chi connectivity index (χ0n) is 20.9. The number of rotatable bonds is 14. The third-order valence-corrected chi connectivity index (χ3v) is 5.33. The van der Waals surface area contributed by atoms with E-state index in [-0.39, 0.29) is 24.5 Å². The zero-order chi connectivity index (χ0) is 24.1. The number of methoxy groups -OCH3 is 1. The molecule has 0 aliphatic heterocycles. The molecule has 1 aromatic rings. The van der Waals surface area contributed by atoms with Crippen LogP contribution in [0.2, 0.25) is 0 Å². The average Bonchev–Trinajstić information content (AvgIpc) is 2.74. The van der Waals surface area contributed by atoms with Crippen molar-refractivity contribution in [1.82, 2.24) is 10.2 Å². The third kappa shape index (κ3) is 10.8. The summed E-state index contributed by atoms with van der Waals surface area (Å²) >= 11 is 0. The van der Waals surface area contributed by atoms with Gasteiger partial charge in [-0.2, -0.15) is 0 Å². The van der Waals surface area contributed by atoms with Gasteiger partial charge in [-0.15, -0.1) is 0 Å². The van der Waals surface area contributed by atoms with Gasteiger partial charge in [0.25, 0.3) is 0 Å². The van der Waals surface area contributed by atoms with Gasteiger partial charge in [-0.05, 0) is 62.8 Å². The fourth-order valence-electron chi connectivity index (χ4n) is 3.25. The molecule has 1 atom stereocenters. The molecule has 0 radical (unpaired) electrons. The summed E-state index contributed by atoms with van der Waals surface area (Å²) in [6.07, 6.45) is 6.77. The number of carbonyl (C=O) groups excluding carboxylic acids is 2. The second-order valence-electron chi connectivity index (χ2n) is 8.94. The highest BCUT2D eigenvalue weighted by Crippen LogP contribution is 2.28. The van der Waals surface area contributed by atoms with Crippen molar-refractivity contribution in [3.05, 3.63) is 35.9 Å². The number of nitrogens with zero attached hydrogens (tertiary/aromatic N) is 1. The molecule has 0 fully saturated rings. The molecule has 0 bridgehead atoms. The van der Waals surface area contributed by atoms with Gasteiger partial charge in [-0.1, -0.05) is 45.9 Å². The van der Waals surface area contributed by atoms with Crippen molar-refractivity contribution in [3.63, 3.8) is 0 Å². The quantitative estimate of drug-likeness (QED) is 0.248. The lowest BCUT2D eigenvalue weighted by molar-refractivity contribution is -0.136. The van der Waals surface area contributed by atoms with E-state index in [2.05, 4.69) is 38.2 Å². The van der Waals surface area contributed by atoms with E-state index in [0.717, 1.165) is 24.9 Å². The van der Waals surface area contributed by atoms with Crippen LogP contribution in [0.25, 0.3) is 0 Å². The van der Waals surface area contributed by atoms with Crippen molar-refractivity contribution in [3.8, 4) is 11.5 Å². The zero-order valence-corrected chi connectivity index (χ0v) is 20.9. The van der Waals surface area contributed by atoms with Gasteiger partial charge in [0.15, 0.2) is 11.5 Å². The van der Waals surface area contributed by atoms with Crippen LogP contribution in [0, 0.1) is 11.8 Å². The Balaban J connectivity index is 2.54. The molecule has 6 heteroatoms. The molecule has 0 aliphatic rings. The van der Waals surface area contributed by atoms with Crippen LogP contribution < -0.4 is 14.8 Å². The lowest BCUT2D eigenvalue weighted by atomic mass is 10.0. The van der Waals surface area contributed by atoms with Gasteiger partial charge in [0.1, 0.15) is 0 Å². The maximum Gasteiger partial charge on any atom is 0.325 e. The topological polar surface area (TPSA) is 67.9 Å². The van der Waals surface area contributed by atoms with Crippen LogP contribution in [0.5, 0.6) is 11.5 Å². The molecule has 6 nitrogen and oxygen atoms in total. The molecule has 1 N–H and O–H groups in total. The minimum Gasteiger partial charge on any atom is -0.493 e. The van der Waals surface area contributed by atoms with E-state index in [4.69, 9.17) is 9.47 Å². The second-order valence-corrected chi connectivity index (χ2v) is 8.94. The Morgan fingerprint density at radius 1 is 1.12 bits per heavy atom. The summed E-state index contributed by atoms with van der Waals surface area (Å²) < 4.78 is 10.9. The van der Waals surface area contributed by atoms with Gasteiger partial charge < -0.3 is 14.8 Å². The molecule has 0 saturated carbocycles. The van der Waals surface area contributed by atoms with Crippen LogP contribution in [-0.4, -0.2) is 43.0 Å². The first-order valence-corrected chi connectivity index (χ1v) is 11.7. The van der Waals surface area contributed by atoms with Crippen molar-refractivity contribution in [2.75, 3.05) is 20.2 Å². The monoisotopic (exact) mass is 446 g/mol. The summed E-state index contributed by atoms with van der Waals surface area (Å²) in [5, 5.41) is 2.96. The Hall–Kier alpha value is -2.34. The Bertz CT molecular complexity index is 743. The van der Waals surface area contributed by atoms with Crippen LogP contribution in [-0.2, 0) is 16.1 Å². The Labute approximate surface area is 194 Å². The minimum atomic E-state index is -0.322. The van der Waals surface area contributed by atoms with E-state index in [1.165, 1.54) is 7.11 Å². The maximum absolute atomic E-state index is 12.3. The maximum atomic E-state index is 12.3. The number of nitrogens with one attached hydrogen (secondary N) is 1. The number of likely N-dealkylation sites (N-methyl/N-ethyl adjacent to an activating group) is 1. The molecular weight excluding hydrogens is 404 g/mol. The number of ether oxygens (including phenoxy) is 2. The first kappa shape index (κ1) is 27.7. The largest absolute Gasteiger partial charge is 0.493 e. The van der Waals surface area contributed by atoms with Gasteiger partial charge >= 0.3 is 5.97 Å². The van der Waals surface area contributed by atoms with Crippen LogP contribution in [0.15, 0.2) is 30.4 Å². The van der Waals surface area contributed by atoms with Gasteiger partial charge in [-0.25, -0.2) is 0 Å². The lowest BCUT2D eigenvalue weighted by Crippen LogP contribution is -2.37. The molecule has 0 aliphatic carbocycles. The highest BCUT2D eigenvalue weighted by Gasteiger charge is 2.16. The van der Waals surface area contributed by atoms with E-state index in [9.17, 15) is 9.59 Å². The van der Waals surface area contributed by atoms with Crippen LogP contribution >= 0.6 is 0 Å². The third-order valence-electron chi connectivity index (χ3n) is 5.33. The molecule has 1 rings (SSSR count). The van der Waals surface area contributed by atoms with Crippen LogP contribution in [0.4, 0.5) is 0 Å². The highest BCUT2D eigenvalue weighted by molar-refractivity contribution is 5.76.